The second-order valence-electron chi connectivity index (χ2n) is 5.33. The van der Waals surface area contributed by atoms with Crippen LogP contribution in [0.4, 0.5) is 0 Å². The van der Waals surface area contributed by atoms with Crippen LogP contribution in [0.3, 0.4) is 0 Å². The molecule has 1 aromatic rings. The minimum absolute atomic E-state index is 0.0257. The largest absolute Gasteiger partial charge is 0.468 e. The lowest BCUT2D eigenvalue weighted by Gasteiger charge is -2.34. The molecule has 21 heavy (non-hydrogen) atoms. The number of rotatable bonds is 5. The Bertz CT molecular complexity index is 472. The SMILES string of the molecule is COC(=O)[C@H]1CCCCN1CC(=O)N(C)Cc1ccco1. The highest BCUT2D eigenvalue weighted by Gasteiger charge is 2.31. The van der Waals surface area contributed by atoms with Crippen molar-refractivity contribution in [3.05, 3.63) is 24.2 Å². The van der Waals surface area contributed by atoms with Gasteiger partial charge in [0.05, 0.1) is 26.5 Å². The Labute approximate surface area is 124 Å². The number of carbonyl (C=O) groups is 2. The molecule has 2 heterocycles. The van der Waals surface area contributed by atoms with Crippen LogP contribution in [0.5, 0.6) is 0 Å². The first kappa shape index (κ1) is 15.6. The summed E-state index contributed by atoms with van der Waals surface area (Å²) in [7, 11) is 3.13. The summed E-state index contributed by atoms with van der Waals surface area (Å²) >= 11 is 0. The van der Waals surface area contributed by atoms with E-state index in [1.54, 1.807) is 24.3 Å². The molecular weight excluding hydrogens is 272 g/mol. The molecule has 0 spiro atoms. The van der Waals surface area contributed by atoms with Crippen molar-refractivity contribution in [2.45, 2.75) is 31.8 Å². The third-order valence-corrected chi connectivity index (χ3v) is 3.82. The van der Waals surface area contributed by atoms with Gasteiger partial charge in [0.1, 0.15) is 11.8 Å². The first-order valence-electron chi connectivity index (χ1n) is 7.20. The number of likely N-dealkylation sites (tertiary alicyclic amines) is 1. The van der Waals surface area contributed by atoms with Crippen LogP contribution in [0.1, 0.15) is 25.0 Å². The summed E-state index contributed by atoms with van der Waals surface area (Å²) in [6.45, 7) is 1.42. The van der Waals surface area contributed by atoms with Gasteiger partial charge in [-0.15, -0.1) is 0 Å². The van der Waals surface area contributed by atoms with E-state index in [4.69, 9.17) is 9.15 Å². The lowest BCUT2D eigenvalue weighted by molar-refractivity contribution is -0.149. The highest BCUT2D eigenvalue weighted by Crippen LogP contribution is 2.18. The van der Waals surface area contributed by atoms with Gasteiger partial charge < -0.3 is 14.1 Å². The molecule has 0 bridgehead atoms. The van der Waals surface area contributed by atoms with Crippen molar-refractivity contribution in [3.8, 4) is 0 Å². The summed E-state index contributed by atoms with van der Waals surface area (Å²) in [5, 5.41) is 0. The van der Waals surface area contributed by atoms with Crippen LogP contribution >= 0.6 is 0 Å². The minimum atomic E-state index is -0.301. The van der Waals surface area contributed by atoms with Gasteiger partial charge >= 0.3 is 5.97 Å². The van der Waals surface area contributed by atoms with Gasteiger partial charge in [-0.1, -0.05) is 6.42 Å². The van der Waals surface area contributed by atoms with Crippen molar-refractivity contribution in [2.75, 3.05) is 27.2 Å². The van der Waals surface area contributed by atoms with Crippen LogP contribution in [-0.2, 0) is 20.9 Å². The molecule has 0 aliphatic carbocycles. The summed E-state index contributed by atoms with van der Waals surface area (Å²) in [5.74, 6) is 0.465. The van der Waals surface area contributed by atoms with Crippen LogP contribution < -0.4 is 0 Å². The number of hydrogen-bond donors (Lipinski definition) is 0. The van der Waals surface area contributed by atoms with Crippen molar-refractivity contribution in [2.24, 2.45) is 0 Å². The zero-order valence-electron chi connectivity index (χ0n) is 12.6. The van der Waals surface area contributed by atoms with E-state index in [0.717, 1.165) is 31.6 Å². The van der Waals surface area contributed by atoms with E-state index in [1.807, 2.05) is 11.0 Å². The van der Waals surface area contributed by atoms with Gasteiger partial charge in [0.2, 0.25) is 5.91 Å². The molecule has 116 valence electrons. The molecular formula is C15H22N2O4. The number of likely N-dealkylation sites (N-methyl/N-ethyl adjacent to an activating group) is 1. The Hall–Kier alpha value is -1.82. The smallest absolute Gasteiger partial charge is 0.323 e. The topological polar surface area (TPSA) is 63.0 Å². The van der Waals surface area contributed by atoms with E-state index >= 15 is 0 Å². The Balaban J connectivity index is 1.91. The molecule has 0 aromatic carbocycles. The first-order chi connectivity index (χ1) is 10.1. The maximum Gasteiger partial charge on any atom is 0.323 e. The molecule has 1 aliphatic heterocycles. The number of amides is 1. The molecule has 6 heteroatoms. The number of ether oxygens (including phenoxy) is 1. The van der Waals surface area contributed by atoms with Crippen LogP contribution in [0.15, 0.2) is 22.8 Å². The molecule has 1 aromatic heterocycles. The fourth-order valence-corrected chi connectivity index (χ4v) is 2.60. The molecule has 0 unspecified atom stereocenters. The lowest BCUT2D eigenvalue weighted by Crippen LogP contribution is -2.49. The molecule has 0 radical (unpaired) electrons. The zero-order valence-corrected chi connectivity index (χ0v) is 12.6. The van der Waals surface area contributed by atoms with Crippen LogP contribution in [0, 0.1) is 0 Å². The number of nitrogens with zero attached hydrogens (tertiary/aromatic N) is 2. The van der Waals surface area contributed by atoms with Crippen molar-refractivity contribution in [1.82, 2.24) is 9.80 Å². The molecule has 2 rings (SSSR count). The maximum atomic E-state index is 12.3. The third kappa shape index (κ3) is 4.07. The van der Waals surface area contributed by atoms with Crippen LogP contribution in [0.25, 0.3) is 0 Å². The van der Waals surface area contributed by atoms with Crippen molar-refractivity contribution < 1.29 is 18.7 Å². The summed E-state index contributed by atoms with van der Waals surface area (Å²) in [6, 6.07) is 3.33. The second kappa shape index (κ2) is 7.26. The van der Waals surface area contributed by atoms with Crippen molar-refractivity contribution >= 4 is 11.9 Å². The molecule has 1 amide bonds. The number of esters is 1. The van der Waals surface area contributed by atoms with E-state index in [9.17, 15) is 9.59 Å². The number of furan rings is 1. The van der Waals surface area contributed by atoms with E-state index in [-0.39, 0.29) is 24.5 Å². The van der Waals surface area contributed by atoms with Gasteiger partial charge in [-0.05, 0) is 31.5 Å². The highest BCUT2D eigenvalue weighted by atomic mass is 16.5. The number of hydrogen-bond acceptors (Lipinski definition) is 5. The van der Waals surface area contributed by atoms with Gasteiger partial charge in [-0.3, -0.25) is 14.5 Å². The molecule has 0 saturated carbocycles. The molecule has 1 aliphatic rings. The zero-order chi connectivity index (χ0) is 15.2. The predicted molar refractivity (Wildman–Crippen MR) is 76.4 cm³/mol. The molecule has 0 N–H and O–H groups in total. The highest BCUT2D eigenvalue weighted by molar-refractivity contribution is 5.80. The quantitative estimate of drug-likeness (QED) is 0.765. The minimum Gasteiger partial charge on any atom is -0.468 e. The summed E-state index contributed by atoms with van der Waals surface area (Å²) in [6.07, 6.45) is 4.34. The number of piperidine rings is 1. The molecule has 1 saturated heterocycles. The van der Waals surface area contributed by atoms with Crippen molar-refractivity contribution in [1.29, 1.82) is 0 Å². The van der Waals surface area contributed by atoms with Gasteiger partial charge in [0.15, 0.2) is 0 Å². The average molecular weight is 294 g/mol. The standard InChI is InChI=1S/C15H22N2O4/c1-16(10-12-6-5-9-21-12)14(18)11-17-8-4-3-7-13(17)15(19)20-2/h5-6,9,13H,3-4,7-8,10-11H2,1-2H3/t13-/m1/s1. The average Bonchev–Trinajstić information content (AvgIpc) is 2.99. The Morgan fingerprint density at radius 3 is 2.95 bits per heavy atom. The number of methoxy groups -OCH3 is 1. The summed E-state index contributed by atoms with van der Waals surface area (Å²) in [4.78, 5) is 27.6. The summed E-state index contributed by atoms with van der Waals surface area (Å²) in [5.41, 5.74) is 0. The fourth-order valence-electron chi connectivity index (χ4n) is 2.60. The summed E-state index contributed by atoms with van der Waals surface area (Å²) < 4.78 is 10.1. The monoisotopic (exact) mass is 294 g/mol. The Morgan fingerprint density at radius 2 is 2.29 bits per heavy atom. The van der Waals surface area contributed by atoms with Gasteiger partial charge in [0.25, 0.3) is 0 Å². The Morgan fingerprint density at radius 1 is 1.48 bits per heavy atom. The fraction of sp³-hybridized carbons (Fsp3) is 0.600. The number of carbonyl (C=O) groups excluding carboxylic acids is 2. The predicted octanol–water partition coefficient (Wildman–Crippen LogP) is 1.27. The lowest BCUT2D eigenvalue weighted by atomic mass is 10.0. The van der Waals surface area contributed by atoms with E-state index in [1.165, 1.54) is 7.11 Å². The molecule has 1 atom stereocenters. The van der Waals surface area contributed by atoms with Gasteiger partial charge in [-0.25, -0.2) is 0 Å². The van der Waals surface area contributed by atoms with E-state index in [0.29, 0.717) is 6.54 Å². The van der Waals surface area contributed by atoms with Crippen LogP contribution in [0.2, 0.25) is 0 Å². The second-order valence-corrected chi connectivity index (χ2v) is 5.33. The Kier molecular flexibility index (Phi) is 5.38. The van der Waals surface area contributed by atoms with Gasteiger partial charge in [0, 0.05) is 7.05 Å². The van der Waals surface area contributed by atoms with Crippen molar-refractivity contribution in [3.63, 3.8) is 0 Å². The third-order valence-electron chi connectivity index (χ3n) is 3.82. The van der Waals surface area contributed by atoms with E-state index in [2.05, 4.69) is 0 Å². The maximum absolute atomic E-state index is 12.3. The van der Waals surface area contributed by atoms with Gasteiger partial charge in [-0.2, -0.15) is 0 Å². The first-order valence-corrected chi connectivity index (χ1v) is 7.20. The normalized spacial score (nSPS) is 19.2. The van der Waals surface area contributed by atoms with E-state index < -0.39 is 0 Å². The van der Waals surface area contributed by atoms with Crippen LogP contribution in [-0.4, -0.2) is 55.0 Å². The molecule has 6 nitrogen and oxygen atoms in total. The molecule has 1 fully saturated rings.